The van der Waals surface area contributed by atoms with Gasteiger partial charge in [0.25, 0.3) is 5.56 Å². The van der Waals surface area contributed by atoms with Gasteiger partial charge in [0.05, 0.1) is 0 Å². The van der Waals surface area contributed by atoms with Crippen LogP contribution < -0.4 is 11.3 Å². The first-order chi connectivity index (χ1) is 8.97. The van der Waals surface area contributed by atoms with Crippen LogP contribution in [0.25, 0.3) is 4.96 Å². The molecule has 0 spiro atoms. The Morgan fingerprint density at radius 3 is 3.11 bits per heavy atom. The SMILES string of the molecule is Cc1cc(=O)n2nc(CSC[C@H](N)C(=O)O)sc2n1. The summed E-state index contributed by atoms with van der Waals surface area (Å²) in [5.74, 6) is -0.217. The van der Waals surface area contributed by atoms with E-state index in [0.29, 0.717) is 22.2 Å². The monoisotopic (exact) mass is 300 g/mol. The smallest absolute Gasteiger partial charge is 0.321 e. The molecule has 0 radical (unpaired) electrons. The fraction of sp³-hybridized carbons (Fsp3) is 0.400. The number of aliphatic carboxylic acids is 1. The van der Waals surface area contributed by atoms with Crippen LogP contribution in [-0.2, 0) is 10.5 Å². The van der Waals surface area contributed by atoms with Gasteiger partial charge in [-0.1, -0.05) is 11.3 Å². The van der Waals surface area contributed by atoms with Gasteiger partial charge in [0.15, 0.2) is 0 Å². The molecule has 0 saturated carbocycles. The van der Waals surface area contributed by atoms with Gasteiger partial charge in [0.2, 0.25) is 4.96 Å². The van der Waals surface area contributed by atoms with Gasteiger partial charge >= 0.3 is 5.97 Å². The van der Waals surface area contributed by atoms with E-state index in [1.165, 1.54) is 33.7 Å². The number of nitrogens with zero attached hydrogens (tertiary/aromatic N) is 3. The summed E-state index contributed by atoms with van der Waals surface area (Å²) in [5.41, 5.74) is 5.84. The molecule has 19 heavy (non-hydrogen) atoms. The molecular weight excluding hydrogens is 288 g/mol. The minimum Gasteiger partial charge on any atom is -0.480 e. The summed E-state index contributed by atoms with van der Waals surface area (Å²) in [7, 11) is 0. The molecule has 3 N–H and O–H groups in total. The second-order valence-corrected chi connectivity index (χ2v) is 5.96. The quantitative estimate of drug-likeness (QED) is 0.806. The van der Waals surface area contributed by atoms with E-state index in [1.54, 1.807) is 6.92 Å². The van der Waals surface area contributed by atoms with E-state index in [2.05, 4.69) is 10.1 Å². The highest BCUT2D eigenvalue weighted by molar-refractivity contribution is 7.98. The van der Waals surface area contributed by atoms with Crippen LogP contribution in [0.15, 0.2) is 10.9 Å². The maximum absolute atomic E-state index is 11.6. The van der Waals surface area contributed by atoms with Crippen LogP contribution in [0.4, 0.5) is 0 Å². The molecule has 2 rings (SSSR count). The molecule has 0 saturated heterocycles. The summed E-state index contributed by atoms with van der Waals surface area (Å²) < 4.78 is 1.25. The highest BCUT2D eigenvalue weighted by Crippen LogP contribution is 2.18. The fourth-order valence-corrected chi connectivity index (χ4v) is 3.34. The summed E-state index contributed by atoms with van der Waals surface area (Å²) in [6.45, 7) is 1.75. The third-order valence-electron chi connectivity index (χ3n) is 2.26. The molecule has 2 aromatic heterocycles. The number of carboxylic acid groups (broad SMARTS) is 1. The van der Waals surface area contributed by atoms with E-state index in [1.807, 2.05) is 0 Å². The van der Waals surface area contributed by atoms with Crippen molar-refractivity contribution in [3.05, 3.63) is 27.1 Å². The Kier molecular flexibility index (Phi) is 4.17. The predicted octanol–water partition coefficient (Wildman–Crippen LogP) is 0.105. The van der Waals surface area contributed by atoms with Crippen LogP contribution >= 0.6 is 23.1 Å². The first-order valence-electron chi connectivity index (χ1n) is 5.40. The Hall–Kier alpha value is -1.45. The van der Waals surface area contributed by atoms with E-state index in [4.69, 9.17) is 10.8 Å². The largest absolute Gasteiger partial charge is 0.480 e. The predicted molar refractivity (Wildman–Crippen MR) is 73.6 cm³/mol. The van der Waals surface area contributed by atoms with Crippen molar-refractivity contribution >= 4 is 34.0 Å². The minimum absolute atomic E-state index is 0.211. The molecule has 0 unspecified atom stereocenters. The van der Waals surface area contributed by atoms with Crippen molar-refractivity contribution in [2.45, 2.75) is 18.7 Å². The first-order valence-corrected chi connectivity index (χ1v) is 7.37. The molecular formula is C10H12N4O3S2. The number of carboxylic acids is 1. The van der Waals surface area contributed by atoms with Crippen LogP contribution in [0.5, 0.6) is 0 Å². The number of aryl methyl sites for hydroxylation is 1. The number of thioether (sulfide) groups is 1. The molecule has 7 nitrogen and oxygen atoms in total. The zero-order valence-electron chi connectivity index (χ0n) is 10.1. The molecule has 2 aromatic rings. The fourth-order valence-electron chi connectivity index (χ4n) is 1.36. The summed E-state index contributed by atoms with van der Waals surface area (Å²) in [6, 6.07) is 0.534. The van der Waals surface area contributed by atoms with E-state index >= 15 is 0 Å². The number of rotatable bonds is 5. The summed E-state index contributed by atoms with van der Waals surface area (Å²) in [6.07, 6.45) is 0. The Morgan fingerprint density at radius 2 is 2.42 bits per heavy atom. The van der Waals surface area contributed by atoms with Crippen LogP contribution in [0.2, 0.25) is 0 Å². The molecule has 0 amide bonds. The standard InChI is InChI=1S/C10H12N4O3S2/c1-5-2-8(15)14-10(12-5)19-7(13-14)4-18-3-6(11)9(16)17/h2,6H,3-4,11H2,1H3,(H,16,17)/t6-/m0/s1. The Morgan fingerprint density at radius 1 is 1.68 bits per heavy atom. The van der Waals surface area contributed by atoms with E-state index in [-0.39, 0.29) is 5.56 Å². The van der Waals surface area contributed by atoms with E-state index in [9.17, 15) is 9.59 Å². The van der Waals surface area contributed by atoms with Gasteiger partial charge in [-0.05, 0) is 6.92 Å². The first kappa shape index (κ1) is 14.0. The number of carbonyl (C=O) groups is 1. The maximum Gasteiger partial charge on any atom is 0.321 e. The third-order valence-corrected chi connectivity index (χ3v) is 4.42. The lowest BCUT2D eigenvalue weighted by molar-refractivity contribution is -0.137. The molecule has 0 fully saturated rings. The van der Waals surface area contributed by atoms with Crippen molar-refractivity contribution in [2.24, 2.45) is 5.73 Å². The normalized spacial score (nSPS) is 12.7. The molecule has 0 aliphatic carbocycles. The number of hydrogen-bond donors (Lipinski definition) is 2. The summed E-state index contributed by atoms with van der Waals surface area (Å²) >= 11 is 2.68. The highest BCUT2D eigenvalue weighted by atomic mass is 32.2. The van der Waals surface area contributed by atoms with Crippen molar-refractivity contribution < 1.29 is 9.90 Å². The Balaban J connectivity index is 2.08. The molecule has 0 aliphatic heterocycles. The topological polar surface area (TPSA) is 111 Å². The van der Waals surface area contributed by atoms with Crippen LogP contribution in [-0.4, -0.2) is 37.5 Å². The molecule has 1 atom stereocenters. The Labute approximate surface area is 116 Å². The second kappa shape index (κ2) is 5.68. The van der Waals surface area contributed by atoms with Crippen LogP contribution in [0.3, 0.4) is 0 Å². The van der Waals surface area contributed by atoms with Gasteiger partial charge in [0.1, 0.15) is 11.0 Å². The minimum atomic E-state index is -1.02. The highest BCUT2D eigenvalue weighted by Gasteiger charge is 2.12. The maximum atomic E-state index is 11.6. The van der Waals surface area contributed by atoms with Gasteiger partial charge in [-0.2, -0.15) is 21.4 Å². The molecule has 0 aromatic carbocycles. The van der Waals surface area contributed by atoms with E-state index in [0.717, 1.165) is 5.01 Å². The van der Waals surface area contributed by atoms with Gasteiger partial charge in [-0.15, -0.1) is 0 Å². The molecule has 0 bridgehead atoms. The van der Waals surface area contributed by atoms with Crippen molar-refractivity contribution in [3.8, 4) is 0 Å². The van der Waals surface area contributed by atoms with Crippen molar-refractivity contribution in [3.63, 3.8) is 0 Å². The summed E-state index contributed by atoms with van der Waals surface area (Å²) in [4.78, 5) is 27.0. The van der Waals surface area contributed by atoms with E-state index < -0.39 is 12.0 Å². The van der Waals surface area contributed by atoms with Crippen molar-refractivity contribution in [1.82, 2.24) is 14.6 Å². The zero-order chi connectivity index (χ0) is 14.0. The van der Waals surface area contributed by atoms with Gasteiger partial charge in [-0.25, -0.2) is 4.98 Å². The van der Waals surface area contributed by atoms with Gasteiger partial charge < -0.3 is 10.8 Å². The Bertz CT molecular complexity index is 666. The van der Waals surface area contributed by atoms with Gasteiger partial charge in [-0.3, -0.25) is 9.59 Å². The lowest BCUT2D eigenvalue weighted by Crippen LogP contribution is -2.32. The molecule has 2 heterocycles. The number of hydrogen-bond acceptors (Lipinski definition) is 7. The zero-order valence-corrected chi connectivity index (χ0v) is 11.7. The average Bonchev–Trinajstić information content (AvgIpc) is 2.71. The molecule has 102 valence electrons. The number of fused-ring (bicyclic) bond motifs is 1. The lowest BCUT2D eigenvalue weighted by Gasteiger charge is -2.03. The van der Waals surface area contributed by atoms with Crippen LogP contribution in [0, 0.1) is 6.92 Å². The lowest BCUT2D eigenvalue weighted by atomic mass is 10.4. The third kappa shape index (κ3) is 3.31. The molecule has 0 aliphatic rings. The van der Waals surface area contributed by atoms with Gasteiger partial charge in [0, 0.05) is 23.3 Å². The summed E-state index contributed by atoms with van der Waals surface area (Å²) in [5, 5.41) is 13.5. The number of aromatic nitrogens is 3. The van der Waals surface area contributed by atoms with Crippen molar-refractivity contribution in [2.75, 3.05) is 5.75 Å². The average molecular weight is 300 g/mol. The van der Waals surface area contributed by atoms with Crippen LogP contribution in [0.1, 0.15) is 10.7 Å². The molecule has 9 heteroatoms. The second-order valence-electron chi connectivity index (χ2n) is 3.89. The van der Waals surface area contributed by atoms with Crippen molar-refractivity contribution in [1.29, 1.82) is 0 Å². The number of nitrogens with two attached hydrogens (primary N) is 1.